The molecule has 1 saturated heterocycles. The number of hydrogen-bond donors (Lipinski definition) is 2. The van der Waals surface area contributed by atoms with E-state index in [0.29, 0.717) is 17.0 Å². The Kier molecular flexibility index (Phi) is 9.38. The lowest BCUT2D eigenvalue weighted by atomic mass is 9.92. The van der Waals surface area contributed by atoms with E-state index in [4.69, 9.17) is 4.74 Å². The lowest BCUT2D eigenvalue weighted by Gasteiger charge is -2.47. The molecule has 11 heteroatoms. The van der Waals surface area contributed by atoms with Crippen LogP contribution in [0, 0.1) is 17.6 Å². The first-order chi connectivity index (χ1) is 19.5. The number of amides is 2. The number of carbonyl (C=O) groups excluding carboxylic acids is 3. The van der Waals surface area contributed by atoms with Gasteiger partial charge in [0.25, 0.3) is 5.91 Å². The van der Waals surface area contributed by atoms with Crippen molar-refractivity contribution < 1.29 is 37.8 Å². The van der Waals surface area contributed by atoms with Crippen LogP contribution in [0.4, 0.5) is 14.5 Å². The van der Waals surface area contributed by atoms with E-state index < -0.39 is 40.8 Å². The quantitative estimate of drug-likeness (QED) is 0.236. The van der Waals surface area contributed by atoms with E-state index >= 15 is 0 Å². The molecule has 1 aliphatic heterocycles. The van der Waals surface area contributed by atoms with Gasteiger partial charge in [-0.3, -0.25) is 14.4 Å². The van der Waals surface area contributed by atoms with Gasteiger partial charge in [-0.1, -0.05) is 26.0 Å². The maximum atomic E-state index is 13.5. The predicted molar refractivity (Wildman–Crippen MR) is 150 cm³/mol. The van der Waals surface area contributed by atoms with Gasteiger partial charge in [0.05, 0.1) is 11.8 Å². The van der Waals surface area contributed by atoms with Crippen LogP contribution in [0.1, 0.15) is 35.8 Å². The number of ether oxygens (including phenoxy) is 1. The van der Waals surface area contributed by atoms with Crippen LogP contribution in [-0.4, -0.2) is 52.3 Å². The van der Waals surface area contributed by atoms with Crippen LogP contribution in [0.5, 0.6) is 5.75 Å². The highest BCUT2D eigenvalue weighted by molar-refractivity contribution is 8.01. The van der Waals surface area contributed by atoms with Gasteiger partial charge in [-0.15, -0.1) is 11.8 Å². The molecule has 2 amide bonds. The minimum absolute atomic E-state index is 0.000181. The van der Waals surface area contributed by atoms with Crippen LogP contribution < -0.4 is 15.0 Å². The normalized spacial score (nSPS) is 17.1. The first-order valence-corrected chi connectivity index (χ1v) is 13.8. The summed E-state index contributed by atoms with van der Waals surface area (Å²) in [7, 11) is 0. The molecule has 0 bridgehead atoms. The summed E-state index contributed by atoms with van der Waals surface area (Å²) in [5.41, 5.74) is 1.56. The minimum atomic E-state index is -1.13. The fourth-order valence-corrected chi connectivity index (χ4v) is 5.58. The van der Waals surface area contributed by atoms with Crippen molar-refractivity contribution in [2.24, 2.45) is 5.92 Å². The van der Waals surface area contributed by atoms with Gasteiger partial charge >= 0.3 is 5.97 Å². The van der Waals surface area contributed by atoms with Gasteiger partial charge in [0.1, 0.15) is 28.7 Å². The van der Waals surface area contributed by atoms with Crippen LogP contribution in [-0.2, 0) is 14.4 Å². The second kappa shape index (κ2) is 12.9. The van der Waals surface area contributed by atoms with Gasteiger partial charge < -0.3 is 20.1 Å². The average molecular weight is 583 g/mol. The maximum absolute atomic E-state index is 13.5. The molecule has 3 aromatic rings. The van der Waals surface area contributed by atoms with Crippen LogP contribution >= 0.6 is 11.8 Å². The van der Waals surface area contributed by atoms with Crippen molar-refractivity contribution in [3.63, 3.8) is 0 Å². The molecule has 0 aliphatic carbocycles. The van der Waals surface area contributed by atoms with Crippen molar-refractivity contribution >= 4 is 41.0 Å². The average Bonchev–Trinajstić information content (AvgIpc) is 2.94. The number of thioether (sulfide) groups is 1. The smallest absolute Gasteiger partial charge is 0.326 e. The number of hydrogen-bond acceptors (Lipinski definition) is 6. The van der Waals surface area contributed by atoms with E-state index in [1.54, 1.807) is 38.1 Å². The lowest BCUT2D eigenvalue weighted by molar-refractivity contribution is -0.143. The molecule has 8 nitrogen and oxygen atoms in total. The van der Waals surface area contributed by atoms with E-state index in [0.717, 1.165) is 5.56 Å². The SMILES string of the molecule is CC(C)[C@@H](NC(=O)COc1ccc([C@@H]2[C@H](SCC(=O)c3ccc(F)cc3)C(=O)N2c2ccc(F)cc2)cc1)C(=O)O. The van der Waals surface area contributed by atoms with Crippen molar-refractivity contribution in [3.8, 4) is 5.75 Å². The summed E-state index contributed by atoms with van der Waals surface area (Å²) < 4.78 is 32.3. The number of carboxylic acids is 1. The van der Waals surface area contributed by atoms with Crippen LogP contribution in [0.2, 0.25) is 0 Å². The number of β-lactam (4-membered cyclic amide) rings is 1. The third-order valence-corrected chi connectivity index (χ3v) is 7.80. The van der Waals surface area contributed by atoms with Gasteiger partial charge in [-0.05, 0) is 72.1 Å². The zero-order valence-corrected chi connectivity index (χ0v) is 23.1. The van der Waals surface area contributed by atoms with Gasteiger partial charge in [0.2, 0.25) is 5.91 Å². The van der Waals surface area contributed by atoms with Crippen LogP contribution in [0.3, 0.4) is 0 Å². The van der Waals surface area contributed by atoms with E-state index in [1.165, 1.54) is 65.2 Å². The van der Waals surface area contributed by atoms with Crippen LogP contribution in [0.15, 0.2) is 72.8 Å². The number of nitrogens with one attached hydrogen (secondary N) is 1. The standard InChI is InChI=1S/C30H28F2N2O6S/c1-17(2)26(30(38)39)33-25(36)15-40-23-13-5-19(6-14-23)27-28(29(37)34(27)22-11-9-21(32)10-12-22)41-16-24(35)18-3-7-20(31)8-4-18/h3-14,17,26-28H,15-16H2,1-2H3,(H,33,36)(H,38,39)/t26-,27-,28+/m1/s1. The number of ketones is 1. The molecule has 0 saturated carbocycles. The monoisotopic (exact) mass is 582 g/mol. The highest BCUT2D eigenvalue weighted by atomic mass is 32.2. The topological polar surface area (TPSA) is 113 Å². The number of carboxylic acid groups (broad SMARTS) is 1. The van der Waals surface area contributed by atoms with E-state index in [1.807, 2.05) is 0 Å². The molecular weight excluding hydrogens is 554 g/mol. The maximum Gasteiger partial charge on any atom is 0.326 e. The molecule has 1 aliphatic rings. The molecule has 3 aromatic carbocycles. The predicted octanol–water partition coefficient (Wildman–Crippen LogP) is 4.64. The van der Waals surface area contributed by atoms with E-state index in [9.17, 15) is 33.1 Å². The third kappa shape index (κ3) is 7.10. The van der Waals surface area contributed by atoms with Gasteiger partial charge in [-0.25, -0.2) is 13.6 Å². The summed E-state index contributed by atoms with van der Waals surface area (Å²) in [4.78, 5) is 50.9. The molecule has 214 valence electrons. The summed E-state index contributed by atoms with van der Waals surface area (Å²) in [5, 5.41) is 11.1. The third-order valence-electron chi connectivity index (χ3n) is 6.55. The summed E-state index contributed by atoms with van der Waals surface area (Å²) in [6.45, 7) is 2.98. The van der Waals surface area contributed by atoms with Gasteiger partial charge in [0.15, 0.2) is 12.4 Å². The number of carbonyl (C=O) groups is 4. The Labute approximate surface area is 239 Å². The van der Waals surface area contributed by atoms with Crippen molar-refractivity contribution in [1.29, 1.82) is 0 Å². The first-order valence-electron chi connectivity index (χ1n) is 12.8. The number of rotatable bonds is 12. The van der Waals surface area contributed by atoms with E-state index in [-0.39, 0.29) is 30.0 Å². The largest absolute Gasteiger partial charge is 0.484 e. The Morgan fingerprint density at radius 2 is 1.54 bits per heavy atom. The number of benzene rings is 3. The zero-order valence-electron chi connectivity index (χ0n) is 22.3. The highest BCUT2D eigenvalue weighted by Gasteiger charge is 2.49. The molecule has 41 heavy (non-hydrogen) atoms. The van der Waals surface area contributed by atoms with Crippen molar-refractivity contribution in [1.82, 2.24) is 5.32 Å². The zero-order chi connectivity index (χ0) is 29.7. The molecule has 2 N–H and O–H groups in total. The second-order valence-electron chi connectivity index (χ2n) is 9.78. The summed E-state index contributed by atoms with van der Waals surface area (Å²) in [6, 6.07) is 15.9. The highest BCUT2D eigenvalue weighted by Crippen LogP contribution is 2.45. The molecule has 0 unspecified atom stereocenters. The van der Waals surface area contributed by atoms with E-state index in [2.05, 4.69) is 5.32 Å². The molecule has 0 aromatic heterocycles. The molecule has 1 fully saturated rings. The van der Waals surface area contributed by atoms with Crippen molar-refractivity contribution in [2.75, 3.05) is 17.3 Å². The molecule has 4 rings (SSSR count). The first kappa shape index (κ1) is 29.7. The molecule has 0 radical (unpaired) electrons. The van der Waals surface area contributed by atoms with Crippen LogP contribution in [0.25, 0.3) is 0 Å². The number of nitrogens with zero attached hydrogens (tertiary/aromatic N) is 1. The second-order valence-corrected chi connectivity index (χ2v) is 10.9. The molecule has 3 atom stereocenters. The fourth-order valence-electron chi connectivity index (χ4n) is 4.36. The number of halogens is 2. The Hall–Kier alpha value is -4.25. The van der Waals surface area contributed by atoms with Crippen molar-refractivity contribution in [2.45, 2.75) is 31.2 Å². The number of Topliss-reactive ketones (excluding diaryl/α,β-unsaturated/α-hetero) is 1. The Morgan fingerprint density at radius 3 is 2.10 bits per heavy atom. The van der Waals surface area contributed by atoms with Gasteiger partial charge in [-0.2, -0.15) is 0 Å². The molecular formula is C30H28F2N2O6S. The summed E-state index contributed by atoms with van der Waals surface area (Å²) in [6.07, 6.45) is 0. The Balaban J connectivity index is 1.46. The minimum Gasteiger partial charge on any atom is -0.484 e. The number of anilines is 1. The fraction of sp³-hybridized carbons (Fsp3) is 0.267. The summed E-state index contributed by atoms with van der Waals surface area (Å²) >= 11 is 1.17. The van der Waals surface area contributed by atoms with Gasteiger partial charge in [0, 0.05) is 11.3 Å². The molecule has 1 heterocycles. The number of aliphatic carboxylic acids is 1. The van der Waals surface area contributed by atoms with Crippen molar-refractivity contribution in [3.05, 3.63) is 95.6 Å². The Morgan fingerprint density at radius 1 is 0.951 bits per heavy atom. The molecule has 0 spiro atoms. The lowest BCUT2D eigenvalue weighted by Crippen LogP contribution is -2.57. The Bertz CT molecular complexity index is 1410. The summed E-state index contributed by atoms with van der Waals surface area (Å²) in [5.74, 6) is -3.04.